The number of carboxylic acid groups (broad SMARTS) is 2. The summed E-state index contributed by atoms with van der Waals surface area (Å²) in [5.41, 5.74) is 5.58. The van der Waals surface area contributed by atoms with Crippen LogP contribution in [-0.2, 0) is 24.0 Å². The highest BCUT2D eigenvalue weighted by Crippen LogP contribution is 2.04. The molecule has 0 saturated carbocycles. The summed E-state index contributed by atoms with van der Waals surface area (Å²) in [5.74, 6) is -5.56. The van der Waals surface area contributed by atoms with E-state index in [2.05, 4.69) is 28.6 Å². The van der Waals surface area contributed by atoms with Gasteiger partial charge < -0.3 is 37.0 Å². The standard InChI is InChI=1S/C17H30N4O8S/c1-7(2)12(17(28)29)20-15(26)10(6-30)19-16(27)13(8(3)22)21-14(25)9(18)4-5-11(23)24/h7-10,12-13,22,30H,4-6,18H2,1-3H3,(H,19,27)(H,20,26)(H,21,25)(H,23,24)(H,28,29). The largest absolute Gasteiger partial charge is 0.481 e. The number of aliphatic carboxylic acids is 2. The first kappa shape index (κ1) is 27.6. The Balaban J connectivity index is 5.13. The lowest BCUT2D eigenvalue weighted by molar-refractivity contribution is -0.143. The molecular weight excluding hydrogens is 420 g/mol. The first-order valence-electron chi connectivity index (χ1n) is 9.22. The molecule has 0 aliphatic heterocycles. The highest BCUT2D eigenvalue weighted by Gasteiger charge is 2.32. The first-order valence-corrected chi connectivity index (χ1v) is 9.85. The van der Waals surface area contributed by atoms with Crippen molar-refractivity contribution in [3.8, 4) is 0 Å². The zero-order valence-corrected chi connectivity index (χ0v) is 17.9. The molecule has 0 bridgehead atoms. The highest BCUT2D eigenvalue weighted by molar-refractivity contribution is 7.80. The quantitative estimate of drug-likeness (QED) is 0.141. The molecular formula is C17H30N4O8S. The van der Waals surface area contributed by atoms with E-state index in [1.54, 1.807) is 13.8 Å². The Morgan fingerprint density at radius 1 is 0.900 bits per heavy atom. The van der Waals surface area contributed by atoms with Crippen LogP contribution in [0.1, 0.15) is 33.6 Å². The lowest BCUT2D eigenvalue weighted by Crippen LogP contribution is -2.60. The summed E-state index contributed by atoms with van der Waals surface area (Å²) in [5, 5.41) is 34.5. The van der Waals surface area contributed by atoms with E-state index in [0.717, 1.165) is 0 Å². The maximum atomic E-state index is 12.5. The fraction of sp³-hybridized carbons (Fsp3) is 0.706. The van der Waals surface area contributed by atoms with Crippen molar-refractivity contribution in [2.75, 3.05) is 5.75 Å². The van der Waals surface area contributed by atoms with Crippen molar-refractivity contribution in [2.45, 2.75) is 63.9 Å². The van der Waals surface area contributed by atoms with Crippen molar-refractivity contribution in [2.24, 2.45) is 11.7 Å². The zero-order chi connectivity index (χ0) is 23.6. The molecule has 0 aliphatic carbocycles. The summed E-state index contributed by atoms with van der Waals surface area (Å²) in [7, 11) is 0. The van der Waals surface area contributed by atoms with Gasteiger partial charge in [0.25, 0.3) is 0 Å². The SMILES string of the molecule is CC(C)C(NC(=O)C(CS)NC(=O)C(NC(=O)C(N)CCC(=O)O)C(C)O)C(=O)O. The summed E-state index contributed by atoms with van der Waals surface area (Å²) < 4.78 is 0. The van der Waals surface area contributed by atoms with Crippen LogP contribution in [0.4, 0.5) is 0 Å². The number of amides is 3. The second-order valence-corrected chi connectivity index (χ2v) is 7.44. The molecule has 0 rings (SSSR count). The minimum absolute atomic E-state index is 0.178. The molecule has 5 unspecified atom stereocenters. The molecule has 8 N–H and O–H groups in total. The van der Waals surface area contributed by atoms with Gasteiger partial charge >= 0.3 is 11.9 Å². The molecule has 13 heteroatoms. The minimum atomic E-state index is -1.48. The Kier molecular flexibility index (Phi) is 12.0. The van der Waals surface area contributed by atoms with Gasteiger partial charge in [-0.25, -0.2) is 4.79 Å². The van der Waals surface area contributed by atoms with E-state index in [-0.39, 0.29) is 18.6 Å². The van der Waals surface area contributed by atoms with Crippen LogP contribution in [0, 0.1) is 5.92 Å². The number of hydrogen-bond acceptors (Lipinski definition) is 8. The van der Waals surface area contributed by atoms with Crippen LogP contribution < -0.4 is 21.7 Å². The van der Waals surface area contributed by atoms with Gasteiger partial charge in [0.1, 0.15) is 18.1 Å². The van der Waals surface area contributed by atoms with Gasteiger partial charge in [-0.2, -0.15) is 12.6 Å². The Bertz CT molecular complexity index is 643. The lowest BCUT2D eigenvalue weighted by atomic mass is 10.0. The number of nitrogens with one attached hydrogen (secondary N) is 3. The van der Waals surface area contributed by atoms with Crippen molar-refractivity contribution >= 4 is 42.3 Å². The van der Waals surface area contributed by atoms with E-state index in [9.17, 15) is 29.1 Å². The number of carbonyl (C=O) groups excluding carboxylic acids is 3. The van der Waals surface area contributed by atoms with Gasteiger partial charge in [0.05, 0.1) is 12.1 Å². The number of aliphatic hydroxyl groups excluding tert-OH is 1. The molecule has 0 aliphatic rings. The molecule has 0 heterocycles. The van der Waals surface area contributed by atoms with Crippen LogP contribution in [0.2, 0.25) is 0 Å². The van der Waals surface area contributed by atoms with E-state index >= 15 is 0 Å². The number of thiol groups is 1. The fourth-order valence-electron chi connectivity index (χ4n) is 2.30. The maximum absolute atomic E-state index is 12.5. The van der Waals surface area contributed by atoms with Crippen molar-refractivity contribution in [1.29, 1.82) is 0 Å². The second-order valence-electron chi connectivity index (χ2n) is 7.08. The second kappa shape index (κ2) is 13.0. The number of hydrogen-bond donors (Lipinski definition) is 8. The lowest BCUT2D eigenvalue weighted by Gasteiger charge is -2.26. The fourth-order valence-corrected chi connectivity index (χ4v) is 2.56. The van der Waals surface area contributed by atoms with Gasteiger partial charge in [0, 0.05) is 12.2 Å². The molecule has 172 valence electrons. The Labute approximate surface area is 179 Å². The molecule has 30 heavy (non-hydrogen) atoms. The van der Waals surface area contributed by atoms with Gasteiger partial charge in [-0.1, -0.05) is 13.8 Å². The molecule has 0 radical (unpaired) electrons. The Hall–Kier alpha value is -2.38. The smallest absolute Gasteiger partial charge is 0.326 e. The van der Waals surface area contributed by atoms with Crippen molar-refractivity contribution in [3.63, 3.8) is 0 Å². The summed E-state index contributed by atoms with van der Waals surface area (Å²) in [6.45, 7) is 4.42. The van der Waals surface area contributed by atoms with Crippen LogP contribution in [0.3, 0.4) is 0 Å². The Morgan fingerprint density at radius 2 is 1.43 bits per heavy atom. The molecule has 0 spiro atoms. The van der Waals surface area contributed by atoms with Crippen LogP contribution in [0.5, 0.6) is 0 Å². The number of nitrogens with two attached hydrogens (primary N) is 1. The van der Waals surface area contributed by atoms with E-state index in [0.29, 0.717) is 0 Å². The summed E-state index contributed by atoms with van der Waals surface area (Å²) in [6.07, 6.45) is -1.91. The zero-order valence-electron chi connectivity index (χ0n) is 17.0. The highest BCUT2D eigenvalue weighted by atomic mass is 32.1. The minimum Gasteiger partial charge on any atom is -0.481 e. The molecule has 0 fully saturated rings. The van der Waals surface area contributed by atoms with Crippen molar-refractivity contribution < 1.29 is 39.3 Å². The third-order valence-electron chi connectivity index (χ3n) is 4.11. The molecule has 0 saturated heterocycles. The van der Waals surface area contributed by atoms with E-state index in [4.69, 9.17) is 15.9 Å². The number of carboxylic acids is 2. The van der Waals surface area contributed by atoms with E-state index in [1.807, 2.05) is 0 Å². The topological polar surface area (TPSA) is 208 Å². The summed E-state index contributed by atoms with van der Waals surface area (Å²) in [4.78, 5) is 58.7. The van der Waals surface area contributed by atoms with Crippen LogP contribution in [-0.4, -0.2) is 81.0 Å². The molecule has 3 amide bonds. The van der Waals surface area contributed by atoms with Crippen LogP contribution >= 0.6 is 12.6 Å². The summed E-state index contributed by atoms with van der Waals surface area (Å²) >= 11 is 3.98. The molecule has 5 atom stereocenters. The van der Waals surface area contributed by atoms with E-state index in [1.165, 1.54) is 6.92 Å². The Morgan fingerprint density at radius 3 is 1.83 bits per heavy atom. The average molecular weight is 451 g/mol. The first-order chi connectivity index (χ1) is 13.8. The van der Waals surface area contributed by atoms with Crippen molar-refractivity contribution in [3.05, 3.63) is 0 Å². The monoisotopic (exact) mass is 450 g/mol. The van der Waals surface area contributed by atoms with Crippen LogP contribution in [0.15, 0.2) is 0 Å². The van der Waals surface area contributed by atoms with Crippen LogP contribution in [0.25, 0.3) is 0 Å². The molecule has 0 aromatic rings. The van der Waals surface area contributed by atoms with Gasteiger partial charge in [0.15, 0.2) is 0 Å². The van der Waals surface area contributed by atoms with E-state index < -0.39 is 65.8 Å². The van der Waals surface area contributed by atoms with Gasteiger partial charge in [-0.05, 0) is 19.3 Å². The van der Waals surface area contributed by atoms with Crippen molar-refractivity contribution in [1.82, 2.24) is 16.0 Å². The number of rotatable bonds is 13. The molecule has 0 aromatic heterocycles. The maximum Gasteiger partial charge on any atom is 0.326 e. The van der Waals surface area contributed by atoms with Gasteiger partial charge in [0.2, 0.25) is 17.7 Å². The predicted molar refractivity (Wildman–Crippen MR) is 109 cm³/mol. The molecule has 12 nitrogen and oxygen atoms in total. The average Bonchev–Trinajstić information content (AvgIpc) is 2.64. The summed E-state index contributed by atoms with van der Waals surface area (Å²) in [6, 6.07) is -5.12. The third kappa shape index (κ3) is 9.41. The number of carbonyl (C=O) groups is 5. The van der Waals surface area contributed by atoms with Gasteiger partial charge in [-0.3, -0.25) is 19.2 Å². The van der Waals surface area contributed by atoms with Gasteiger partial charge in [-0.15, -0.1) is 0 Å². The third-order valence-corrected chi connectivity index (χ3v) is 4.48. The predicted octanol–water partition coefficient (Wildman–Crippen LogP) is -2.32. The molecule has 0 aromatic carbocycles. The number of aliphatic hydroxyl groups is 1. The normalized spacial score (nSPS) is 16.0.